The third kappa shape index (κ3) is 5.96. The summed E-state index contributed by atoms with van der Waals surface area (Å²) in [6.07, 6.45) is 2.86. The van der Waals surface area contributed by atoms with Gasteiger partial charge in [0.1, 0.15) is 11.5 Å². The quantitative estimate of drug-likeness (QED) is 0.461. The minimum absolute atomic E-state index is 0.00165. The number of aliphatic hydroxyl groups excluding tert-OH is 1. The van der Waals surface area contributed by atoms with Crippen LogP contribution in [0.1, 0.15) is 36.5 Å². The van der Waals surface area contributed by atoms with Crippen molar-refractivity contribution in [2.75, 3.05) is 33.9 Å². The molecule has 0 unspecified atom stereocenters. The van der Waals surface area contributed by atoms with Gasteiger partial charge in [0.2, 0.25) is 0 Å². The summed E-state index contributed by atoms with van der Waals surface area (Å²) in [7, 11) is 3.23. The van der Waals surface area contributed by atoms with Gasteiger partial charge in [-0.3, -0.25) is 14.7 Å². The fourth-order valence-electron chi connectivity index (χ4n) is 4.92. The summed E-state index contributed by atoms with van der Waals surface area (Å²) in [6.45, 7) is 1.73. The van der Waals surface area contributed by atoms with Crippen LogP contribution >= 0.6 is 0 Å². The van der Waals surface area contributed by atoms with Crippen molar-refractivity contribution in [3.05, 3.63) is 65.9 Å². The van der Waals surface area contributed by atoms with E-state index in [2.05, 4.69) is 21.7 Å². The number of hydrogen-bond acceptors (Lipinski definition) is 6. The Hall–Kier alpha value is -3.60. The molecule has 0 radical (unpaired) electrons. The molecule has 0 spiro atoms. The van der Waals surface area contributed by atoms with Gasteiger partial charge in [0, 0.05) is 18.1 Å². The number of piperidine rings is 1. The van der Waals surface area contributed by atoms with Gasteiger partial charge in [-0.2, -0.15) is 0 Å². The van der Waals surface area contributed by atoms with E-state index in [-0.39, 0.29) is 5.92 Å². The van der Waals surface area contributed by atoms with Crippen LogP contribution in [0.25, 0.3) is 10.9 Å². The highest BCUT2D eigenvalue weighted by atomic mass is 16.5. The lowest BCUT2D eigenvalue weighted by molar-refractivity contribution is -0.146. The lowest BCUT2D eigenvalue weighted by atomic mass is 9.81. The van der Waals surface area contributed by atoms with Gasteiger partial charge in [-0.15, -0.1) is 0 Å². The Morgan fingerprint density at radius 1 is 1.19 bits per heavy atom. The average Bonchev–Trinajstić information content (AvgIpc) is 2.91. The summed E-state index contributed by atoms with van der Waals surface area (Å²) in [5, 5.41) is 21.8. The summed E-state index contributed by atoms with van der Waals surface area (Å²) in [5.41, 5.74) is 2.40. The summed E-state index contributed by atoms with van der Waals surface area (Å²) >= 11 is 0. The molecule has 188 valence electrons. The molecule has 1 aromatic heterocycles. The van der Waals surface area contributed by atoms with E-state index in [4.69, 9.17) is 9.47 Å². The van der Waals surface area contributed by atoms with Crippen LogP contribution in [0.2, 0.25) is 0 Å². The topological polar surface area (TPSA) is 92.1 Å². The van der Waals surface area contributed by atoms with Crippen LogP contribution in [0.15, 0.2) is 54.7 Å². The van der Waals surface area contributed by atoms with E-state index in [1.165, 1.54) is 0 Å². The van der Waals surface area contributed by atoms with Gasteiger partial charge in [0.25, 0.3) is 0 Å². The third-order valence-electron chi connectivity index (χ3n) is 6.94. The van der Waals surface area contributed by atoms with Crippen molar-refractivity contribution in [1.29, 1.82) is 0 Å². The van der Waals surface area contributed by atoms with Crippen molar-refractivity contribution in [2.45, 2.75) is 25.4 Å². The summed E-state index contributed by atoms with van der Waals surface area (Å²) in [5.74, 6) is 6.45. The van der Waals surface area contributed by atoms with Crippen molar-refractivity contribution in [3.63, 3.8) is 0 Å². The lowest BCUT2D eigenvalue weighted by Crippen LogP contribution is -2.44. The molecular weight excluding hydrogens is 456 g/mol. The number of carboxylic acid groups (broad SMARTS) is 1. The number of fused-ring (bicyclic) bond motifs is 1. The van der Waals surface area contributed by atoms with Crippen molar-refractivity contribution in [3.8, 4) is 23.3 Å². The maximum atomic E-state index is 12.1. The van der Waals surface area contributed by atoms with Crippen LogP contribution in [-0.2, 0) is 4.79 Å². The Morgan fingerprint density at radius 2 is 2.03 bits per heavy atom. The van der Waals surface area contributed by atoms with E-state index in [1.807, 2.05) is 48.5 Å². The molecule has 0 saturated carbocycles. The maximum Gasteiger partial charge on any atom is 0.308 e. The number of para-hydroxylation sites is 1. The minimum atomic E-state index is -0.795. The fourth-order valence-corrected chi connectivity index (χ4v) is 4.92. The Labute approximate surface area is 211 Å². The number of likely N-dealkylation sites (tertiary alicyclic amines) is 1. The molecule has 3 atom stereocenters. The predicted octanol–water partition coefficient (Wildman–Crippen LogP) is 4.14. The third-order valence-corrected chi connectivity index (χ3v) is 6.94. The molecule has 36 heavy (non-hydrogen) atoms. The van der Waals surface area contributed by atoms with Crippen molar-refractivity contribution < 1.29 is 24.5 Å². The molecule has 2 aromatic carbocycles. The predicted molar refractivity (Wildman–Crippen MR) is 138 cm³/mol. The molecular formula is C29H32N2O5. The molecule has 1 aliphatic rings. The number of carbonyl (C=O) groups is 1. The first-order chi connectivity index (χ1) is 17.5. The zero-order valence-corrected chi connectivity index (χ0v) is 20.7. The zero-order valence-electron chi connectivity index (χ0n) is 20.7. The molecule has 3 aromatic rings. The van der Waals surface area contributed by atoms with Crippen LogP contribution in [0.4, 0.5) is 0 Å². The number of hydrogen-bond donors (Lipinski definition) is 2. The van der Waals surface area contributed by atoms with Crippen molar-refractivity contribution >= 4 is 16.9 Å². The molecule has 1 fully saturated rings. The van der Waals surface area contributed by atoms with E-state index >= 15 is 0 Å². The van der Waals surface area contributed by atoms with Crippen molar-refractivity contribution in [2.24, 2.45) is 11.8 Å². The smallest absolute Gasteiger partial charge is 0.308 e. The Kier molecular flexibility index (Phi) is 8.42. The van der Waals surface area contributed by atoms with Gasteiger partial charge in [0.05, 0.1) is 43.9 Å². The molecule has 2 N–H and O–H groups in total. The number of benzene rings is 2. The fraction of sp³-hybridized carbons (Fsp3) is 0.379. The molecule has 1 aliphatic heterocycles. The lowest BCUT2D eigenvalue weighted by Gasteiger charge is -2.36. The highest BCUT2D eigenvalue weighted by Gasteiger charge is 2.34. The monoisotopic (exact) mass is 488 g/mol. The number of nitrogens with zero attached hydrogens (tertiary/aromatic N) is 2. The Morgan fingerprint density at radius 3 is 2.81 bits per heavy atom. The highest BCUT2D eigenvalue weighted by Crippen LogP contribution is 2.33. The first kappa shape index (κ1) is 25.5. The Balaban J connectivity index is 1.38. The molecule has 2 heterocycles. The molecule has 7 nitrogen and oxygen atoms in total. The second-order valence-corrected chi connectivity index (χ2v) is 9.11. The number of aliphatic carboxylic acids is 1. The van der Waals surface area contributed by atoms with Gasteiger partial charge in [0.15, 0.2) is 0 Å². The molecule has 0 aliphatic carbocycles. The summed E-state index contributed by atoms with van der Waals surface area (Å²) in [6, 6.07) is 15.0. The molecule has 0 bridgehead atoms. The molecule has 7 heteroatoms. The number of rotatable bonds is 8. The van der Waals surface area contributed by atoms with Gasteiger partial charge in [-0.1, -0.05) is 24.0 Å². The second-order valence-electron chi connectivity index (χ2n) is 9.11. The number of carboxylic acids is 1. The minimum Gasteiger partial charge on any atom is -0.497 e. The first-order valence-electron chi connectivity index (χ1n) is 12.2. The maximum absolute atomic E-state index is 12.1. The number of methoxy groups -OCH3 is 2. The van der Waals surface area contributed by atoms with Crippen LogP contribution < -0.4 is 9.47 Å². The van der Waals surface area contributed by atoms with Crippen LogP contribution in [0.3, 0.4) is 0 Å². The summed E-state index contributed by atoms with van der Waals surface area (Å²) < 4.78 is 10.7. The molecule has 0 amide bonds. The zero-order chi connectivity index (χ0) is 25.5. The normalized spacial score (nSPS) is 18.8. The number of aromatic nitrogens is 1. The van der Waals surface area contributed by atoms with Gasteiger partial charge in [-0.25, -0.2) is 0 Å². The highest BCUT2D eigenvalue weighted by molar-refractivity contribution is 5.83. The van der Waals surface area contributed by atoms with Gasteiger partial charge in [-0.05, 0) is 73.7 Å². The van der Waals surface area contributed by atoms with Crippen LogP contribution in [0.5, 0.6) is 11.5 Å². The molecule has 4 rings (SSSR count). The van der Waals surface area contributed by atoms with Gasteiger partial charge < -0.3 is 19.7 Å². The number of aliphatic hydroxyl groups is 1. The van der Waals surface area contributed by atoms with Crippen LogP contribution in [-0.4, -0.2) is 59.9 Å². The van der Waals surface area contributed by atoms with Crippen LogP contribution in [0, 0.1) is 23.7 Å². The average molecular weight is 489 g/mol. The number of pyridine rings is 1. The molecule has 1 saturated heterocycles. The summed E-state index contributed by atoms with van der Waals surface area (Å²) in [4.78, 5) is 18.6. The van der Waals surface area contributed by atoms with E-state index in [0.717, 1.165) is 40.7 Å². The van der Waals surface area contributed by atoms with E-state index < -0.39 is 18.0 Å². The Bertz CT molecular complexity index is 1270. The number of ether oxygens (including phenoxy) is 2. The van der Waals surface area contributed by atoms with E-state index in [1.54, 1.807) is 20.4 Å². The largest absolute Gasteiger partial charge is 0.497 e. The first-order valence-corrected chi connectivity index (χ1v) is 12.2. The van der Waals surface area contributed by atoms with E-state index in [0.29, 0.717) is 31.7 Å². The van der Waals surface area contributed by atoms with Gasteiger partial charge >= 0.3 is 5.97 Å². The van der Waals surface area contributed by atoms with Crippen molar-refractivity contribution in [1.82, 2.24) is 9.88 Å². The van der Waals surface area contributed by atoms with E-state index in [9.17, 15) is 15.0 Å². The SMILES string of the molecule is COc1ccc2nccc([C@H](O)CC[C@@H]3CCN(CC#Cc4ccccc4OC)C[C@@H]3C(=O)O)c2c1. The standard InChI is InChI=1S/C29H32N2O5/c1-35-22-10-11-26-24(18-22)23(13-15-30-26)27(32)12-9-20-14-17-31(19-25(20)29(33)34)16-5-7-21-6-3-4-8-28(21)36-2/h3-4,6,8,10-11,13,15,18,20,25,27,32H,9,12,14,16-17,19H2,1-2H3,(H,33,34)/t20-,25+,27-/m1/s1. The second kappa shape index (κ2) is 11.9.